The van der Waals surface area contributed by atoms with Gasteiger partial charge in [0.25, 0.3) is 0 Å². The Labute approximate surface area is 443 Å². The fourth-order valence-corrected chi connectivity index (χ4v) is 12.4. The highest BCUT2D eigenvalue weighted by atomic mass is 19.1. The molecule has 4 amide bonds. The third-order valence-corrected chi connectivity index (χ3v) is 16.3. The maximum Gasteiger partial charge on any atom is 0.248 e. The van der Waals surface area contributed by atoms with E-state index in [1.165, 1.54) is 57.4 Å². The zero-order valence-corrected chi connectivity index (χ0v) is 44.1. The van der Waals surface area contributed by atoms with Crippen molar-refractivity contribution in [2.45, 2.75) is 134 Å². The summed E-state index contributed by atoms with van der Waals surface area (Å²) in [5.74, 6) is -3.82. The van der Waals surface area contributed by atoms with E-state index in [-0.39, 0.29) is 76.6 Å². The number of nitrogens with zero attached hydrogens (tertiary/aromatic N) is 6. The summed E-state index contributed by atoms with van der Waals surface area (Å²) in [5, 5.41) is 5.49. The first-order valence-corrected chi connectivity index (χ1v) is 26.7. The van der Waals surface area contributed by atoms with E-state index in [1.807, 2.05) is 13.8 Å². The third kappa shape index (κ3) is 10.4. The molecule has 4 aliphatic rings. The number of halogens is 5. The van der Waals surface area contributed by atoms with Gasteiger partial charge in [-0.2, -0.15) is 0 Å². The molecule has 0 radical (unpaired) electrons. The molecule has 4 aromatic carbocycles. The van der Waals surface area contributed by atoms with Crippen LogP contribution in [-0.4, -0.2) is 105 Å². The van der Waals surface area contributed by atoms with Gasteiger partial charge < -0.3 is 44.9 Å². The number of carbonyl (C=O) groups excluding carboxylic acids is 4. The molecular formula is C57H65F5N10O5. The van der Waals surface area contributed by atoms with Crippen LogP contribution >= 0.6 is 0 Å². The summed E-state index contributed by atoms with van der Waals surface area (Å²) in [6, 6.07) is 10.2. The molecule has 4 aliphatic heterocycles. The number of amides is 4. The Morgan fingerprint density at radius 1 is 0.610 bits per heavy atom. The van der Waals surface area contributed by atoms with Crippen molar-refractivity contribution < 1.29 is 45.9 Å². The molecule has 77 heavy (non-hydrogen) atoms. The van der Waals surface area contributed by atoms with Crippen molar-refractivity contribution >= 4 is 57.1 Å². The summed E-state index contributed by atoms with van der Waals surface area (Å²) >= 11 is 0. The van der Waals surface area contributed by atoms with Crippen LogP contribution in [0.2, 0.25) is 0 Å². The smallest absolute Gasteiger partial charge is 0.248 e. The number of carbonyl (C=O) groups is 4. The standard InChI is InChI=1S/C57H65F5N10O5/c1-29(2)51(63-31(4)73)56(75)70-19-7-9-49(70)54-65-43-25-37(39(59)27-45(43)67-54)47-15-16-48(72(47)36-23-41(61)53(42(62)24-36)69-21-17-34(18-22-69)33-11-13-35(58)14-12-33)38-26-44-46(28-40(38)60)68-55(66-44)50-10-8-20-71(50)57(76)52(30(3)77-6)64-32(5)74/h11-14,23-30,34,47-52H,7-10,15-22H2,1-6H3,(H,63,73)(H,64,74)(H,65,67)(H,66,68)/t30-,47-,48-,49+,50+,51+,52+/m1/s1. The monoisotopic (exact) mass is 1060 g/mol. The lowest BCUT2D eigenvalue weighted by atomic mass is 9.89. The zero-order valence-electron chi connectivity index (χ0n) is 44.1. The number of piperidine rings is 1. The van der Waals surface area contributed by atoms with Crippen molar-refractivity contribution in [2.75, 3.05) is 43.1 Å². The highest BCUT2D eigenvalue weighted by Gasteiger charge is 2.43. The number of nitrogens with one attached hydrogen (secondary N) is 4. The molecule has 10 rings (SSSR count). The molecule has 408 valence electrons. The average Bonchev–Trinajstić information content (AvgIpc) is 4.31. The first-order valence-electron chi connectivity index (χ1n) is 26.7. The number of fused-ring (bicyclic) bond motifs is 2. The maximum absolute atomic E-state index is 17.0. The van der Waals surface area contributed by atoms with Gasteiger partial charge in [-0.1, -0.05) is 26.0 Å². The van der Waals surface area contributed by atoms with Crippen LogP contribution in [0.4, 0.5) is 33.3 Å². The van der Waals surface area contributed by atoms with Gasteiger partial charge in [0, 0.05) is 76.1 Å². The molecule has 2 aromatic heterocycles. The molecule has 6 aromatic rings. The van der Waals surface area contributed by atoms with Gasteiger partial charge in [0.1, 0.15) is 46.9 Å². The Morgan fingerprint density at radius 2 is 1.09 bits per heavy atom. The number of hydrogen-bond acceptors (Lipinski definition) is 9. The Balaban J connectivity index is 0.997. The lowest BCUT2D eigenvalue weighted by Crippen LogP contribution is -2.53. The van der Waals surface area contributed by atoms with E-state index in [0.717, 1.165) is 5.56 Å². The number of aromatic amines is 2. The predicted octanol–water partition coefficient (Wildman–Crippen LogP) is 9.63. The van der Waals surface area contributed by atoms with Gasteiger partial charge in [-0.05, 0) is 112 Å². The number of H-pyrrole nitrogens is 2. The summed E-state index contributed by atoms with van der Waals surface area (Å²) < 4.78 is 86.7. The molecule has 0 unspecified atom stereocenters. The molecule has 4 N–H and O–H groups in total. The number of aromatic nitrogens is 4. The molecule has 15 nitrogen and oxygen atoms in total. The largest absolute Gasteiger partial charge is 0.379 e. The van der Waals surface area contributed by atoms with Crippen molar-refractivity contribution in [1.29, 1.82) is 0 Å². The molecule has 7 atom stereocenters. The average molecular weight is 1070 g/mol. The van der Waals surface area contributed by atoms with Gasteiger partial charge >= 0.3 is 0 Å². The lowest BCUT2D eigenvalue weighted by molar-refractivity contribution is -0.140. The Kier molecular flexibility index (Phi) is 15.1. The fraction of sp³-hybridized carbons (Fsp3) is 0.474. The summed E-state index contributed by atoms with van der Waals surface area (Å²) in [6.45, 7) is 9.63. The highest BCUT2D eigenvalue weighted by molar-refractivity contribution is 5.89. The number of likely N-dealkylation sites (tertiary alicyclic amines) is 2. The third-order valence-electron chi connectivity index (χ3n) is 16.3. The number of benzene rings is 4. The molecule has 0 aliphatic carbocycles. The molecule has 0 saturated carbocycles. The van der Waals surface area contributed by atoms with Crippen molar-refractivity contribution in [3.8, 4) is 0 Å². The van der Waals surface area contributed by atoms with Gasteiger partial charge in [0.2, 0.25) is 23.6 Å². The Bertz CT molecular complexity index is 3190. The molecule has 0 spiro atoms. The zero-order chi connectivity index (χ0) is 54.6. The second kappa shape index (κ2) is 21.7. The lowest BCUT2D eigenvalue weighted by Gasteiger charge is -2.36. The van der Waals surface area contributed by atoms with Crippen molar-refractivity contribution in [2.24, 2.45) is 5.92 Å². The van der Waals surface area contributed by atoms with Crippen LogP contribution in [0.1, 0.15) is 144 Å². The number of anilines is 2. The van der Waals surface area contributed by atoms with Crippen LogP contribution in [0.3, 0.4) is 0 Å². The van der Waals surface area contributed by atoms with E-state index in [2.05, 4.69) is 20.6 Å². The van der Waals surface area contributed by atoms with E-state index in [4.69, 9.17) is 14.7 Å². The summed E-state index contributed by atoms with van der Waals surface area (Å²) in [4.78, 5) is 75.0. The minimum Gasteiger partial charge on any atom is -0.379 e. The molecule has 20 heteroatoms. The molecular weight excluding hydrogens is 1000 g/mol. The summed E-state index contributed by atoms with van der Waals surface area (Å²) in [7, 11) is 1.46. The first kappa shape index (κ1) is 53.3. The van der Waals surface area contributed by atoms with Crippen LogP contribution in [0.5, 0.6) is 0 Å². The van der Waals surface area contributed by atoms with Gasteiger partial charge in [-0.15, -0.1) is 0 Å². The predicted molar refractivity (Wildman–Crippen MR) is 280 cm³/mol. The van der Waals surface area contributed by atoms with Crippen molar-refractivity contribution in [1.82, 2.24) is 40.4 Å². The van der Waals surface area contributed by atoms with Crippen molar-refractivity contribution in [3.63, 3.8) is 0 Å². The summed E-state index contributed by atoms with van der Waals surface area (Å²) in [6.07, 6.45) is 3.51. The topological polar surface area (TPSA) is 172 Å². The van der Waals surface area contributed by atoms with Crippen LogP contribution < -0.4 is 20.4 Å². The minimum absolute atomic E-state index is 0.0742. The Hall–Kier alpha value is -7.09. The SMILES string of the molecule is CO[C@H](C)[C@H](NC(C)=O)C(=O)N1CCC[C@H]1c1nc2cc(F)c([C@H]3CC[C@H](c4cc5[nH]c([C@@H]6CCCN6C(=O)[C@@H](NC(C)=O)C(C)C)nc5cc4F)N3c3cc(F)c(N4CCC(c5ccc(F)cc5)CC4)c(F)c3)cc2[nH]1. The van der Waals surface area contributed by atoms with Gasteiger partial charge in [0.05, 0.1) is 52.3 Å². The quantitative estimate of drug-likeness (QED) is 0.0776. The second-order valence-electron chi connectivity index (χ2n) is 21.5. The number of rotatable bonds is 14. The van der Waals surface area contributed by atoms with E-state index in [9.17, 15) is 23.6 Å². The van der Waals surface area contributed by atoms with Gasteiger partial charge in [-0.25, -0.2) is 31.9 Å². The highest BCUT2D eigenvalue weighted by Crippen LogP contribution is 2.50. The van der Waals surface area contributed by atoms with Crippen LogP contribution in [0.25, 0.3) is 22.1 Å². The van der Waals surface area contributed by atoms with Gasteiger partial charge in [0.15, 0.2) is 11.6 Å². The molecule has 4 fully saturated rings. The van der Waals surface area contributed by atoms with E-state index in [0.29, 0.717) is 98.4 Å². The molecule has 4 saturated heterocycles. The first-order chi connectivity index (χ1) is 36.9. The minimum atomic E-state index is -0.953. The number of ether oxygens (including phenoxy) is 1. The van der Waals surface area contributed by atoms with Gasteiger partial charge in [-0.3, -0.25) is 19.2 Å². The number of imidazole rings is 2. The number of hydrogen-bond donors (Lipinski definition) is 4. The fourth-order valence-electron chi connectivity index (χ4n) is 12.4. The van der Waals surface area contributed by atoms with Crippen LogP contribution in [0, 0.1) is 35.0 Å². The van der Waals surface area contributed by atoms with E-state index in [1.54, 1.807) is 50.8 Å². The summed E-state index contributed by atoms with van der Waals surface area (Å²) in [5.41, 5.74) is 2.71. The van der Waals surface area contributed by atoms with E-state index < -0.39 is 65.6 Å². The van der Waals surface area contributed by atoms with Crippen molar-refractivity contribution in [3.05, 3.63) is 118 Å². The van der Waals surface area contributed by atoms with Crippen LogP contribution in [0.15, 0.2) is 60.7 Å². The second-order valence-corrected chi connectivity index (χ2v) is 21.5. The molecule has 6 heterocycles. The maximum atomic E-state index is 17.0. The van der Waals surface area contributed by atoms with Crippen LogP contribution in [-0.2, 0) is 23.9 Å². The number of methoxy groups -OCH3 is 1. The Morgan fingerprint density at radius 3 is 1.56 bits per heavy atom. The normalized spacial score (nSPS) is 21.4. The molecule has 0 bridgehead atoms. The van der Waals surface area contributed by atoms with E-state index >= 15 is 17.6 Å².